The molecular formula is C18H34O2. The van der Waals surface area contributed by atoms with Gasteiger partial charge in [0, 0.05) is 6.08 Å². The highest BCUT2D eigenvalue weighted by Gasteiger charge is 2.10. The standard InChI is InChI=1S/C18H34O2/c1-4-7-9-10-11-12-13-15-17(14-8-5-2)16-20-18(19)6-3/h6,17H,3-5,7-16H2,1-2H3. The average molecular weight is 282 g/mol. The average Bonchev–Trinajstić information content (AvgIpc) is 2.47. The van der Waals surface area contributed by atoms with Gasteiger partial charge in [-0.25, -0.2) is 4.79 Å². The fourth-order valence-electron chi connectivity index (χ4n) is 2.45. The highest BCUT2D eigenvalue weighted by atomic mass is 16.5. The van der Waals surface area contributed by atoms with Crippen LogP contribution in [0.1, 0.15) is 84.5 Å². The summed E-state index contributed by atoms with van der Waals surface area (Å²) in [7, 11) is 0. The molecule has 0 aromatic heterocycles. The minimum atomic E-state index is -0.286. The summed E-state index contributed by atoms with van der Waals surface area (Å²) in [5.41, 5.74) is 0. The van der Waals surface area contributed by atoms with Crippen molar-refractivity contribution < 1.29 is 9.53 Å². The zero-order valence-electron chi connectivity index (χ0n) is 13.7. The predicted octanol–water partition coefficient (Wildman–Crippen LogP) is 5.66. The van der Waals surface area contributed by atoms with Gasteiger partial charge in [0.15, 0.2) is 0 Å². The van der Waals surface area contributed by atoms with E-state index in [1.54, 1.807) is 0 Å². The Bertz CT molecular complexity index is 236. The summed E-state index contributed by atoms with van der Waals surface area (Å²) in [5.74, 6) is 0.251. The third-order valence-corrected chi connectivity index (χ3v) is 3.81. The molecule has 0 aromatic carbocycles. The fourth-order valence-corrected chi connectivity index (χ4v) is 2.45. The maximum Gasteiger partial charge on any atom is 0.330 e. The number of ether oxygens (including phenoxy) is 1. The van der Waals surface area contributed by atoms with Gasteiger partial charge in [0.25, 0.3) is 0 Å². The molecule has 1 unspecified atom stereocenters. The Morgan fingerprint density at radius 2 is 1.50 bits per heavy atom. The van der Waals surface area contributed by atoms with E-state index in [4.69, 9.17) is 4.74 Å². The molecule has 0 radical (unpaired) electrons. The number of hydrogen-bond donors (Lipinski definition) is 0. The number of carbonyl (C=O) groups excluding carboxylic acids is 1. The van der Waals surface area contributed by atoms with Crippen molar-refractivity contribution in [1.82, 2.24) is 0 Å². The van der Waals surface area contributed by atoms with Crippen LogP contribution in [0.15, 0.2) is 12.7 Å². The van der Waals surface area contributed by atoms with Gasteiger partial charge < -0.3 is 4.74 Å². The van der Waals surface area contributed by atoms with E-state index in [1.807, 2.05) is 0 Å². The Hall–Kier alpha value is -0.790. The van der Waals surface area contributed by atoms with E-state index in [1.165, 1.54) is 76.7 Å². The minimum absolute atomic E-state index is 0.286. The van der Waals surface area contributed by atoms with Gasteiger partial charge >= 0.3 is 5.97 Å². The van der Waals surface area contributed by atoms with Crippen molar-refractivity contribution in [3.05, 3.63) is 12.7 Å². The molecule has 118 valence electrons. The third-order valence-electron chi connectivity index (χ3n) is 3.81. The third kappa shape index (κ3) is 12.3. The first-order valence-electron chi connectivity index (χ1n) is 8.53. The van der Waals surface area contributed by atoms with Crippen LogP contribution >= 0.6 is 0 Å². The highest BCUT2D eigenvalue weighted by Crippen LogP contribution is 2.18. The van der Waals surface area contributed by atoms with E-state index < -0.39 is 0 Å². The van der Waals surface area contributed by atoms with Crippen LogP contribution in [-0.2, 0) is 9.53 Å². The predicted molar refractivity (Wildman–Crippen MR) is 86.8 cm³/mol. The molecular weight excluding hydrogens is 248 g/mol. The van der Waals surface area contributed by atoms with E-state index in [0.29, 0.717) is 12.5 Å². The molecule has 1 atom stereocenters. The second-order valence-electron chi connectivity index (χ2n) is 5.75. The molecule has 0 saturated carbocycles. The Kier molecular flexibility index (Phi) is 14.0. The number of esters is 1. The van der Waals surface area contributed by atoms with Crippen molar-refractivity contribution in [2.75, 3.05) is 6.61 Å². The highest BCUT2D eigenvalue weighted by molar-refractivity contribution is 5.81. The number of unbranched alkanes of at least 4 members (excludes halogenated alkanes) is 7. The fraction of sp³-hybridized carbons (Fsp3) is 0.833. The Labute approximate surface area is 126 Å². The molecule has 2 nitrogen and oxygen atoms in total. The number of hydrogen-bond acceptors (Lipinski definition) is 2. The van der Waals surface area contributed by atoms with E-state index in [2.05, 4.69) is 20.4 Å². The Morgan fingerprint density at radius 1 is 0.950 bits per heavy atom. The lowest BCUT2D eigenvalue weighted by Crippen LogP contribution is -2.13. The Morgan fingerprint density at radius 3 is 2.10 bits per heavy atom. The molecule has 20 heavy (non-hydrogen) atoms. The molecule has 0 aliphatic carbocycles. The summed E-state index contributed by atoms with van der Waals surface area (Å²) in [4.78, 5) is 11.1. The van der Waals surface area contributed by atoms with Crippen LogP contribution in [-0.4, -0.2) is 12.6 Å². The quantitative estimate of drug-likeness (QED) is 0.233. The molecule has 0 N–H and O–H groups in total. The summed E-state index contributed by atoms with van der Waals surface area (Å²) in [6.45, 7) is 8.47. The monoisotopic (exact) mass is 282 g/mol. The normalized spacial score (nSPS) is 12.1. The van der Waals surface area contributed by atoms with Gasteiger partial charge in [-0.3, -0.25) is 0 Å². The molecule has 0 saturated heterocycles. The van der Waals surface area contributed by atoms with E-state index >= 15 is 0 Å². The summed E-state index contributed by atoms with van der Waals surface area (Å²) in [6.07, 6.45) is 15.5. The molecule has 0 spiro atoms. The molecule has 0 amide bonds. The van der Waals surface area contributed by atoms with Crippen LogP contribution in [0.2, 0.25) is 0 Å². The van der Waals surface area contributed by atoms with Crippen molar-refractivity contribution in [2.24, 2.45) is 5.92 Å². The van der Waals surface area contributed by atoms with Crippen molar-refractivity contribution in [2.45, 2.75) is 84.5 Å². The maximum atomic E-state index is 11.1. The van der Waals surface area contributed by atoms with Crippen LogP contribution < -0.4 is 0 Å². The smallest absolute Gasteiger partial charge is 0.330 e. The van der Waals surface area contributed by atoms with Crippen molar-refractivity contribution in [1.29, 1.82) is 0 Å². The second-order valence-corrected chi connectivity index (χ2v) is 5.75. The number of carbonyl (C=O) groups is 1. The topological polar surface area (TPSA) is 26.3 Å². The van der Waals surface area contributed by atoms with Gasteiger partial charge in [-0.1, -0.05) is 78.2 Å². The van der Waals surface area contributed by atoms with E-state index in [9.17, 15) is 4.79 Å². The summed E-state index contributed by atoms with van der Waals surface area (Å²) < 4.78 is 5.20. The molecule has 0 rings (SSSR count). The van der Waals surface area contributed by atoms with Crippen LogP contribution in [0.25, 0.3) is 0 Å². The molecule has 0 bridgehead atoms. The molecule has 0 heterocycles. The van der Waals surface area contributed by atoms with Gasteiger partial charge in [0.05, 0.1) is 6.61 Å². The molecule has 0 fully saturated rings. The molecule has 0 aliphatic rings. The van der Waals surface area contributed by atoms with Gasteiger partial charge in [0.1, 0.15) is 0 Å². The lowest BCUT2D eigenvalue weighted by atomic mass is 9.95. The lowest BCUT2D eigenvalue weighted by molar-refractivity contribution is -0.139. The van der Waals surface area contributed by atoms with Crippen LogP contribution in [0, 0.1) is 5.92 Å². The zero-order valence-corrected chi connectivity index (χ0v) is 13.7. The van der Waals surface area contributed by atoms with Gasteiger partial charge in [-0.15, -0.1) is 0 Å². The van der Waals surface area contributed by atoms with Crippen molar-refractivity contribution in [3.63, 3.8) is 0 Å². The van der Waals surface area contributed by atoms with Crippen LogP contribution in [0.3, 0.4) is 0 Å². The number of rotatable bonds is 14. The molecule has 0 aromatic rings. The minimum Gasteiger partial charge on any atom is -0.462 e. The van der Waals surface area contributed by atoms with Gasteiger partial charge in [0.2, 0.25) is 0 Å². The largest absolute Gasteiger partial charge is 0.462 e. The lowest BCUT2D eigenvalue weighted by Gasteiger charge is -2.16. The first-order chi connectivity index (χ1) is 9.74. The first kappa shape index (κ1) is 19.2. The van der Waals surface area contributed by atoms with E-state index in [-0.39, 0.29) is 5.97 Å². The summed E-state index contributed by atoms with van der Waals surface area (Å²) in [6, 6.07) is 0. The molecule has 2 heteroatoms. The SMILES string of the molecule is C=CC(=O)OCC(CCCC)CCCCCCCCC. The molecule has 0 aliphatic heterocycles. The van der Waals surface area contributed by atoms with Crippen LogP contribution in [0.5, 0.6) is 0 Å². The van der Waals surface area contributed by atoms with Gasteiger partial charge in [-0.05, 0) is 18.8 Å². The van der Waals surface area contributed by atoms with Crippen molar-refractivity contribution in [3.8, 4) is 0 Å². The summed E-state index contributed by atoms with van der Waals surface area (Å²) >= 11 is 0. The zero-order chi connectivity index (χ0) is 15.1. The first-order valence-corrected chi connectivity index (χ1v) is 8.53. The van der Waals surface area contributed by atoms with Crippen molar-refractivity contribution >= 4 is 5.97 Å². The maximum absolute atomic E-state index is 11.1. The second kappa shape index (κ2) is 14.6. The van der Waals surface area contributed by atoms with E-state index in [0.717, 1.165) is 0 Å². The van der Waals surface area contributed by atoms with Gasteiger partial charge in [-0.2, -0.15) is 0 Å². The Balaban J connectivity index is 3.68. The summed E-state index contributed by atoms with van der Waals surface area (Å²) in [5, 5.41) is 0. The van der Waals surface area contributed by atoms with Crippen LogP contribution in [0.4, 0.5) is 0 Å².